The highest BCUT2D eigenvalue weighted by Crippen LogP contribution is 2.33. The number of hydrogen-bond donors (Lipinski definition) is 1. The Bertz CT molecular complexity index is 662. The fourth-order valence-corrected chi connectivity index (χ4v) is 3.54. The van der Waals surface area contributed by atoms with E-state index >= 15 is 0 Å². The summed E-state index contributed by atoms with van der Waals surface area (Å²) in [6, 6.07) is 10.8. The summed E-state index contributed by atoms with van der Waals surface area (Å²) in [7, 11) is 0. The second-order valence-electron chi connectivity index (χ2n) is 4.30. The highest BCUT2D eigenvalue weighted by atomic mass is 79.9. The van der Waals surface area contributed by atoms with Gasteiger partial charge in [0.05, 0.1) is 4.92 Å². The lowest BCUT2D eigenvalue weighted by atomic mass is 10.1. The van der Waals surface area contributed by atoms with Crippen molar-refractivity contribution in [3.63, 3.8) is 0 Å². The zero-order valence-corrected chi connectivity index (χ0v) is 13.2. The second kappa shape index (κ2) is 6.28. The van der Waals surface area contributed by atoms with Crippen LogP contribution in [0.4, 0.5) is 11.4 Å². The molecule has 0 unspecified atom stereocenters. The Labute approximate surface area is 129 Å². The van der Waals surface area contributed by atoms with Crippen LogP contribution in [-0.4, -0.2) is 4.92 Å². The quantitative estimate of drug-likeness (QED) is 0.379. The first-order chi connectivity index (χ1) is 9.49. The van der Waals surface area contributed by atoms with E-state index in [1.807, 2.05) is 24.3 Å². The summed E-state index contributed by atoms with van der Waals surface area (Å²) < 4.78 is 0.936. The summed E-state index contributed by atoms with van der Waals surface area (Å²) in [5, 5.41) is 10.9. The first-order valence-electron chi connectivity index (χ1n) is 5.89. The van der Waals surface area contributed by atoms with Gasteiger partial charge < -0.3 is 5.73 Å². The normalized spacial score (nSPS) is 10.5. The zero-order valence-electron chi connectivity index (χ0n) is 10.8. The van der Waals surface area contributed by atoms with Crippen molar-refractivity contribution < 1.29 is 4.92 Å². The van der Waals surface area contributed by atoms with E-state index in [2.05, 4.69) is 15.9 Å². The van der Waals surface area contributed by atoms with Gasteiger partial charge in [0.25, 0.3) is 5.69 Å². The Hall–Kier alpha value is -1.53. The third kappa shape index (κ3) is 3.32. The minimum atomic E-state index is -0.345. The molecule has 2 rings (SSSR count). The Kier molecular flexibility index (Phi) is 4.67. The van der Waals surface area contributed by atoms with Gasteiger partial charge in [0.1, 0.15) is 0 Å². The van der Waals surface area contributed by atoms with E-state index < -0.39 is 0 Å². The van der Waals surface area contributed by atoms with Crippen molar-refractivity contribution in [2.45, 2.75) is 17.6 Å². The SMILES string of the molecule is Cc1c(CSc2ccc(N)cc2Br)cccc1[N+](=O)[O-]. The molecule has 0 aliphatic rings. The van der Waals surface area contributed by atoms with E-state index in [4.69, 9.17) is 5.73 Å². The minimum Gasteiger partial charge on any atom is -0.399 e. The van der Waals surface area contributed by atoms with Crippen molar-refractivity contribution in [2.75, 3.05) is 5.73 Å². The van der Waals surface area contributed by atoms with Gasteiger partial charge in [-0.15, -0.1) is 11.8 Å². The number of nitrogens with zero attached hydrogens (tertiary/aromatic N) is 1. The molecular weight excluding hydrogens is 340 g/mol. The van der Waals surface area contributed by atoms with Crippen molar-refractivity contribution >= 4 is 39.1 Å². The predicted molar refractivity (Wildman–Crippen MR) is 85.9 cm³/mol. The summed E-state index contributed by atoms with van der Waals surface area (Å²) >= 11 is 5.09. The summed E-state index contributed by atoms with van der Waals surface area (Å²) in [5.41, 5.74) is 8.25. The molecule has 0 spiro atoms. The van der Waals surface area contributed by atoms with Crippen LogP contribution in [0.2, 0.25) is 0 Å². The summed E-state index contributed by atoms with van der Waals surface area (Å²) in [5.74, 6) is 0.677. The van der Waals surface area contributed by atoms with Gasteiger partial charge in [0.15, 0.2) is 0 Å². The molecule has 0 radical (unpaired) electrons. The van der Waals surface area contributed by atoms with Crippen LogP contribution in [0, 0.1) is 17.0 Å². The predicted octanol–water partition coefficient (Wildman–Crippen LogP) is 4.54. The van der Waals surface area contributed by atoms with Crippen LogP contribution in [-0.2, 0) is 5.75 Å². The van der Waals surface area contributed by atoms with E-state index in [1.165, 1.54) is 6.07 Å². The molecule has 0 aromatic heterocycles. The highest BCUT2D eigenvalue weighted by molar-refractivity contribution is 9.10. The Morgan fingerprint density at radius 1 is 1.35 bits per heavy atom. The summed E-state index contributed by atoms with van der Waals surface area (Å²) in [6.45, 7) is 1.78. The molecular formula is C14H13BrN2O2S. The monoisotopic (exact) mass is 352 g/mol. The van der Waals surface area contributed by atoms with Crippen molar-refractivity contribution in [1.82, 2.24) is 0 Å². The fourth-order valence-electron chi connectivity index (χ4n) is 1.81. The minimum absolute atomic E-state index is 0.166. The van der Waals surface area contributed by atoms with Gasteiger partial charge in [0, 0.05) is 32.4 Å². The van der Waals surface area contributed by atoms with Crippen molar-refractivity contribution in [2.24, 2.45) is 0 Å². The number of nitrogen functional groups attached to an aromatic ring is 1. The molecule has 0 amide bonds. The first kappa shape index (κ1) is 14.9. The maximum absolute atomic E-state index is 10.9. The molecule has 104 valence electrons. The third-order valence-electron chi connectivity index (χ3n) is 2.95. The molecule has 0 bridgehead atoms. The molecule has 2 aromatic rings. The van der Waals surface area contributed by atoms with Crippen LogP contribution < -0.4 is 5.73 Å². The van der Waals surface area contributed by atoms with E-state index in [9.17, 15) is 10.1 Å². The van der Waals surface area contributed by atoms with Crippen LogP contribution in [0.5, 0.6) is 0 Å². The molecule has 0 saturated heterocycles. The van der Waals surface area contributed by atoms with Crippen LogP contribution in [0.25, 0.3) is 0 Å². The number of nitrogens with two attached hydrogens (primary N) is 1. The van der Waals surface area contributed by atoms with E-state index in [-0.39, 0.29) is 10.6 Å². The largest absolute Gasteiger partial charge is 0.399 e. The van der Waals surface area contributed by atoms with Crippen LogP contribution >= 0.6 is 27.7 Å². The van der Waals surface area contributed by atoms with Gasteiger partial charge in [-0.3, -0.25) is 10.1 Å². The lowest BCUT2D eigenvalue weighted by Crippen LogP contribution is -1.95. The van der Waals surface area contributed by atoms with Gasteiger partial charge in [-0.05, 0) is 46.6 Å². The molecule has 0 aliphatic carbocycles. The molecule has 20 heavy (non-hydrogen) atoms. The topological polar surface area (TPSA) is 69.2 Å². The average Bonchev–Trinajstić information content (AvgIpc) is 2.39. The number of benzene rings is 2. The van der Waals surface area contributed by atoms with E-state index in [0.29, 0.717) is 11.4 Å². The van der Waals surface area contributed by atoms with Crippen molar-refractivity contribution in [1.29, 1.82) is 0 Å². The van der Waals surface area contributed by atoms with Crippen molar-refractivity contribution in [3.8, 4) is 0 Å². The maximum atomic E-state index is 10.9. The lowest BCUT2D eigenvalue weighted by molar-refractivity contribution is -0.385. The number of nitro benzene ring substituents is 1. The van der Waals surface area contributed by atoms with Gasteiger partial charge in [0.2, 0.25) is 0 Å². The Balaban J connectivity index is 2.19. The molecule has 0 saturated carbocycles. The number of halogens is 1. The maximum Gasteiger partial charge on any atom is 0.272 e. The van der Waals surface area contributed by atoms with Crippen LogP contribution in [0.3, 0.4) is 0 Å². The molecule has 0 atom stereocenters. The fraction of sp³-hybridized carbons (Fsp3) is 0.143. The van der Waals surface area contributed by atoms with Gasteiger partial charge in [-0.2, -0.15) is 0 Å². The molecule has 6 heteroatoms. The average molecular weight is 353 g/mol. The smallest absolute Gasteiger partial charge is 0.272 e. The van der Waals surface area contributed by atoms with Crippen LogP contribution in [0.1, 0.15) is 11.1 Å². The van der Waals surface area contributed by atoms with E-state index in [1.54, 1.807) is 24.8 Å². The molecule has 0 fully saturated rings. The van der Waals surface area contributed by atoms with Crippen molar-refractivity contribution in [3.05, 3.63) is 62.1 Å². The highest BCUT2D eigenvalue weighted by Gasteiger charge is 2.13. The standard InChI is InChI=1S/C14H13BrN2O2S/c1-9-10(3-2-4-13(9)17(18)19)8-20-14-6-5-11(16)7-12(14)15/h2-7H,8,16H2,1H3. The number of anilines is 1. The van der Waals surface area contributed by atoms with Crippen LogP contribution in [0.15, 0.2) is 45.8 Å². The Morgan fingerprint density at radius 2 is 2.10 bits per heavy atom. The summed E-state index contributed by atoms with van der Waals surface area (Å²) in [6.07, 6.45) is 0. The number of nitro groups is 1. The first-order valence-corrected chi connectivity index (χ1v) is 7.67. The van der Waals surface area contributed by atoms with Gasteiger partial charge in [-0.1, -0.05) is 12.1 Å². The number of rotatable bonds is 4. The summed E-state index contributed by atoms with van der Waals surface area (Å²) in [4.78, 5) is 11.6. The third-order valence-corrected chi connectivity index (χ3v) is 4.99. The zero-order chi connectivity index (χ0) is 14.7. The molecule has 2 aromatic carbocycles. The lowest BCUT2D eigenvalue weighted by Gasteiger charge is -2.08. The molecule has 2 N–H and O–H groups in total. The second-order valence-corrected chi connectivity index (χ2v) is 6.17. The number of thioether (sulfide) groups is 1. The van der Waals surface area contributed by atoms with Gasteiger partial charge in [-0.25, -0.2) is 0 Å². The molecule has 4 nitrogen and oxygen atoms in total. The number of hydrogen-bond acceptors (Lipinski definition) is 4. The molecule has 0 heterocycles. The van der Waals surface area contributed by atoms with Gasteiger partial charge >= 0.3 is 0 Å². The Morgan fingerprint density at radius 3 is 2.75 bits per heavy atom. The van der Waals surface area contributed by atoms with E-state index in [0.717, 1.165) is 20.5 Å². The molecule has 0 aliphatic heterocycles.